The van der Waals surface area contributed by atoms with Crippen molar-refractivity contribution in [3.63, 3.8) is 0 Å². The Bertz CT molecular complexity index is 312. The van der Waals surface area contributed by atoms with Crippen molar-refractivity contribution in [3.8, 4) is 0 Å². The summed E-state index contributed by atoms with van der Waals surface area (Å²) in [5.74, 6) is 0. The summed E-state index contributed by atoms with van der Waals surface area (Å²) in [6.45, 7) is 7.16. The Kier molecular flexibility index (Phi) is 6.57. The molecule has 1 atom stereocenters. The first kappa shape index (κ1) is 15.4. The molecule has 0 aliphatic heterocycles. The summed E-state index contributed by atoms with van der Waals surface area (Å²) in [5, 5.41) is 10.6. The number of rotatable bonds is 8. The average Bonchev–Trinajstić information content (AvgIpc) is 2.39. The molecule has 1 aromatic carbocycles. The first-order valence-corrected chi connectivity index (χ1v) is 8.81. The second-order valence-electron chi connectivity index (χ2n) is 4.24. The Labute approximate surface area is 111 Å². The van der Waals surface area contributed by atoms with Crippen LogP contribution in [0.15, 0.2) is 30.3 Å². The van der Waals surface area contributed by atoms with E-state index < -0.39 is 14.3 Å². The van der Waals surface area contributed by atoms with Gasteiger partial charge in [-0.3, -0.25) is 0 Å². The Morgan fingerprint density at radius 3 is 2.06 bits per heavy atom. The molecular weight excluding hydrogens is 244 g/mol. The van der Waals surface area contributed by atoms with Crippen LogP contribution in [0, 0.1) is 0 Å². The predicted molar refractivity (Wildman–Crippen MR) is 75.5 cm³/mol. The zero-order chi connectivity index (χ0) is 13.4. The molecule has 0 saturated carbocycles. The second-order valence-corrected chi connectivity index (χ2v) is 7.49. The Balaban J connectivity index is 2.99. The zero-order valence-corrected chi connectivity index (χ0v) is 12.6. The summed E-state index contributed by atoms with van der Waals surface area (Å²) in [6.07, 6.45) is 0.954. The minimum atomic E-state index is -2.58. The van der Waals surface area contributed by atoms with Crippen LogP contribution in [0.4, 0.5) is 0 Å². The number of hydrogen-bond acceptors (Lipinski definition) is 3. The molecule has 18 heavy (non-hydrogen) atoms. The lowest BCUT2D eigenvalue weighted by Gasteiger charge is -2.34. The molecule has 0 aromatic heterocycles. The normalized spacial score (nSPS) is 13.6. The molecule has 0 spiro atoms. The van der Waals surface area contributed by atoms with Crippen molar-refractivity contribution >= 4 is 8.56 Å². The molecule has 0 fully saturated rings. The molecule has 0 amide bonds. The largest absolute Gasteiger partial charge is 0.393 e. The van der Waals surface area contributed by atoms with E-state index >= 15 is 0 Å². The molecule has 1 N–H and O–H groups in total. The van der Waals surface area contributed by atoms with Gasteiger partial charge in [-0.2, -0.15) is 0 Å². The minimum Gasteiger partial charge on any atom is -0.393 e. The van der Waals surface area contributed by atoms with Crippen LogP contribution >= 0.6 is 0 Å². The topological polar surface area (TPSA) is 38.7 Å². The van der Waals surface area contributed by atoms with Gasteiger partial charge in [-0.15, -0.1) is 0 Å². The van der Waals surface area contributed by atoms with Crippen molar-refractivity contribution in [2.75, 3.05) is 13.2 Å². The van der Waals surface area contributed by atoms with E-state index in [-0.39, 0.29) is 0 Å². The summed E-state index contributed by atoms with van der Waals surface area (Å²) in [7, 11) is -2.58. The average molecular weight is 268 g/mol. The number of aliphatic hydroxyl groups is 1. The van der Waals surface area contributed by atoms with Crippen molar-refractivity contribution in [1.82, 2.24) is 0 Å². The van der Waals surface area contributed by atoms with Crippen LogP contribution in [0.5, 0.6) is 0 Å². The highest BCUT2D eigenvalue weighted by molar-refractivity contribution is 6.68. The zero-order valence-electron chi connectivity index (χ0n) is 11.6. The van der Waals surface area contributed by atoms with Crippen LogP contribution in [0.2, 0.25) is 6.04 Å². The quantitative estimate of drug-likeness (QED) is 0.736. The Morgan fingerprint density at radius 2 is 1.61 bits per heavy atom. The van der Waals surface area contributed by atoms with E-state index in [4.69, 9.17) is 8.85 Å². The van der Waals surface area contributed by atoms with E-state index in [2.05, 4.69) is 6.92 Å². The highest BCUT2D eigenvalue weighted by Crippen LogP contribution is 2.31. The van der Waals surface area contributed by atoms with Crippen LogP contribution in [0.25, 0.3) is 0 Å². The van der Waals surface area contributed by atoms with Gasteiger partial charge in [0.1, 0.15) is 5.73 Å². The highest BCUT2D eigenvalue weighted by atomic mass is 28.4. The third-order valence-corrected chi connectivity index (χ3v) is 6.83. The van der Waals surface area contributed by atoms with E-state index in [1.807, 2.05) is 44.2 Å². The number of aliphatic hydroxyl groups excluding tert-OH is 1. The predicted octanol–water partition coefficient (Wildman–Crippen LogP) is 3.18. The van der Waals surface area contributed by atoms with Crippen LogP contribution < -0.4 is 0 Å². The van der Waals surface area contributed by atoms with Crippen LogP contribution in [0.3, 0.4) is 0 Å². The molecule has 0 bridgehead atoms. The van der Waals surface area contributed by atoms with Gasteiger partial charge in [0.15, 0.2) is 0 Å². The van der Waals surface area contributed by atoms with Gasteiger partial charge in [-0.05, 0) is 25.5 Å². The fraction of sp³-hybridized carbons (Fsp3) is 0.571. The monoisotopic (exact) mass is 268 g/mol. The van der Waals surface area contributed by atoms with E-state index in [1.54, 1.807) is 0 Å². The molecule has 4 heteroatoms. The summed E-state index contributed by atoms with van der Waals surface area (Å²) < 4.78 is 11.8. The first-order valence-electron chi connectivity index (χ1n) is 6.71. The highest BCUT2D eigenvalue weighted by Gasteiger charge is 2.45. The lowest BCUT2D eigenvalue weighted by atomic mass is 10.2. The molecule has 0 aliphatic carbocycles. The maximum absolute atomic E-state index is 10.6. The lowest BCUT2D eigenvalue weighted by Crippen LogP contribution is -2.48. The lowest BCUT2D eigenvalue weighted by molar-refractivity contribution is 0.110. The minimum absolute atomic E-state index is 0.579. The summed E-state index contributed by atoms with van der Waals surface area (Å²) >= 11 is 0. The van der Waals surface area contributed by atoms with Gasteiger partial charge in [-0.25, -0.2) is 0 Å². The van der Waals surface area contributed by atoms with Crippen molar-refractivity contribution < 1.29 is 14.0 Å². The summed E-state index contributed by atoms with van der Waals surface area (Å²) in [4.78, 5) is 0. The van der Waals surface area contributed by atoms with E-state index in [9.17, 15) is 5.11 Å². The van der Waals surface area contributed by atoms with Crippen LogP contribution in [-0.2, 0) is 8.85 Å². The molecule has 1 unspecified atom stereocenters. The van der Waals surface area contributed by atoms with Crippen molar-refractivity contribution in [1.29, 1.82) is 0 Å². The van der Waals surface area contributed by atoms with Crippen molar-refractivity contribution in [2.24, 2.45) is 0 Å². The molecule has 1 rings (SSSR count). The van der Waals surface area contributed by atoms with E-state index in [0.717, 1.165) is 18.0 Å². The van der Waals surface area contributed by atoms with Gasteiger partial charge in [0, 0.05) is 13.2 Å². The van der Waals surface area contributed by atoms with Crippen LogP contribution in [-0.4, -0.2) is 26.9 Å². The number of hydrogen-bond donors (Lipinski definition) is 1. The smallest absolute Gasteiger partial charge is 0.372 e. The second kappa shape index (κ2) is 7.69. The van der Waals surface area contributed by atoms with Gasteiger partial charge < -0.3 is 14.0 Å². The van der Waals surface area contributed by atoms with Gasteiger partial charge in [0.2, 0.25) is 0 Å². The third-order valence-electron chi connectivity index (χ3n) is 2.91. The Hall–Kier alpha value is -0.683. The fourth-order valence-corrected chi connectivity index (χ4v) is 5.54. The fourth-order valence-electron chi connectivity index (χ4n) is 2.21. The molecule has 0 saturated heterocycles. The van der Waals surface area contributed by atoms with E-state index in [0.29, 0.717) is 13.2 Å². The van der Waals surface area contributed by atoms with Gasteiger partial charge in [0.05, 0.1) is 0 Å². The standard InChI is InChI=1S/C14H24O3Si/c1-4-12-18(16-5-2,17-6-3)14(15)13-10-8-7-9-11-13/h7-11,14-15H,4-6,12H2,1-3H3. The maximum Gasteiger partial charge on any atom is 0.372 e. The van der Waals surface area contributed by atoms with Crippen LogP contribution in [0.1, 0.15) is 38.5 Å². The molecule has 3 nitrogen and oxygen atoms in total. The molecule has 102 valence electrons. The van der Waals surface area contributed by atoms with E-state index in [1.165, 1.54) is 0 Å². The molecule has 0 radical (unpaired) electrons. The van der Waals surface area contributed by atoms with Crippen molar-refractivity contribution in [2.45, 2.75) is 39.0 Å². The summed E-state index contributed by atoms with van der Waals surface area (Å²) in [5.41, 5.74) is 0.262. The van der Waals surface area contributed by atoms with Gasteiger partial charge in [-0.1, -0.05) is 43.7 Å². The van der Waals surface area contributed by atoms with Gasteiger partial charge in [0.25, 0.3) is 0 Å². The Morgan fingerprint density at radius 1 is 1.06 bits per heavy atom. The number of benzene rings is 1. The molecule has 0 aliphatic rings. The third kappa shape index (κ3) is 3.65. The summed E-state index contributed by atoms with van der Waals surface area (Å²) in [6, 6.07) is 10.5. The SMILES string of the molecule is CCC[Si](OCC)(OCC)C(O)c1ccccc1. The molecule has 1 aromatic rings. The molecular formula is C14H24O3Si. The maximum atomic E-state index is 10.6. The first-order chi connectivity index (χ1) is 8.70. The van der Waals surface area contributed by atoms with Gasteiger partial charge >= 0.3 is 8.56 Å². The van der Waals surface area contributed by atoms with Crippen molar-refractivity contribution in [3.05, 3.63) is 35.9 Å². The molecule has 0 heterocycles.